The van der Waals surface area contributed by atoms with E-state index in [1.54, 1.807) is 14.2 Å². The molecule has 0 bridgehead atoms. The number of anilines is 1. The number of rotatable bonds is 2. The van der Waals surface area contributed by atoms with Crippen molar-refractivity contribution in [1.29, 1.82) is 0 Å². The van der Waals surface area contributed by atoms with Gasteiger partial charge >= 0.3 is 0 Å². The lowest BCUT2D eigenvalue weighted by Gasteiger charge is -2.03. The third-order valence-electron chi connectivity index (χ3n) is 2.86. The van der Waals surface area contributed by atoms with Gasteiger partial charge in [-0.25, -0.2) is 9.97 Å². The van der Waals surface area contributed by atoms with E-state index in [-0.39, 0.29) is 5.82 Å². The summed E-state index contributed by atoms with van der Waals surface area (Å²) < 4.78 is 4.25. The minimum atomic E-state index is -0.561. The van der Waals surface area contributed by atoms with E-state index in [4.69, 9.17) is 11.5 Å². The Morgan fingerprint density at radius 2 is 1.82 bits per heavy atom. The van der Waals surface area contributed by atoms with Gasteiger partial charge in [-0.2, -0.15) is 0 Å². The predicted molar refractivity (Wildman–Crippen MR) is 85.2 cm³/mol. The highest BCUT2D eigenvalue weighted by Gasteiger charge is 2.15. The van der Waals surface area contributed by atoms with E-state index in [9.17, 15) is 4.79 Å². The fourth-order valence-electron chi connectivity index (χ4n) is 1.97. The van der Waals surface area contributed by atoms with Gasteiger partial charge in [-0.05, 0) is 0 Å². The van der Waals surface area contributed by atoms with Crippen molar-refractivity contribution in [3.05, 3.63) is 42.1 Å². The molecule has 114 valence electrons. The maximum Gasteiger partial charge on any atom is 0.251 e. The number of H-pyrrole nitrogens is 1. The predicted octanol–water partition coefficient (Wildman–Crippen LogP) is 1.57. The van der Waals surface area contributed by atoms with Crippen LogP contribution in [0.2, 0.25) is 0 Å². The Kier molecular flexibility index (Phi) is 4.70. The molecule has 22 heavy (non-hydrogen) atoms. The highest BCUT2D eigenvalue weighted by molar-refractivity contribution is 6.08. The summed E-state index contributed by atoms with van der Waals surface area (Å²) >= 11 is 0. The molecule has 7 heteroatoms. The van der Waals surface area contributed by atoms with Crippen LogP contribution >= 0.6 is 0 Å². The average molecular weight is 299 g/mol. The van der Waals surface area contributed by atoms with Gasteiger partial charge in [-0.3, -0.25) is 4.79 Å². The summed E-state index contributed by atoms with van der Waals surface area (Å²) in [7, 11) is 3.25. The van der Waals surface area contributed by atoms with Crippen LogP contribution in [-0.2, 0) is 4.74 Å². The monoisotopic (exact) mass is 299 g/mol. The Morgan fingerprint density at radius 3 is 2.41 bits per heavy atom. The number of nitrogens with zero attached hydrogens (tertiary/aromatic N) is 2. The summed E-state index contributed by atoms with van der Waals surface area (Å²) in [5.74, 6) is 0.177. The Labute approximate surface area is 127 Å². The summed E-state index contributed by atoms with van der Waals surface area (Å²) in [5.41, 5.74) is 12.8. The molecule has 0 aliphatic heterocycles. The Morgan fingerprint density at radius 1 is 1.18 bits per heavy atom. The topological polar surface area (TPSA) is 120 Å². The Hall–Kier alpha value is -2.93. The van der Waals surface area contributed by atoms with Crippen LogP contribution in [0.3, 0.4) is 0 Å². The molecule has 5 N–H and O–H groups in total. The minimum absolute atomic E-state index is 0.235. The van der Waals surface area contributed by atoms with Gasteiger partial charge in [-0.15, -0.1) is 0 Å². The van der Waals surface area contributed by atoms with Crippen LogP contribution < -0.4 is 11.5 Å². The number of nitrogens with one attached hydrogen (secondary N) is 1. The number of nitrogens with two attached hydrogens (primary N) is 2. The van der Waals surface area contributed by atoms with Crippen LogP contribution in [0, 0.1) is 0 Å². The number of ether oxygens (including phenoxy) is 1. The van der Waals surface area contributed by atoms with Crippen LogP contribution in [0.4, 0.5) is 5.82 Å². The van der Waals surface area contributed by atoms with Crippen LogP contribution in [-0.4, -0.2) is 35.1 Å². The number of methoxy groups -OCH3 is 1. The molecule has 1 aromatic carbocycles. The minimum Gasteiger partial charge on any atom is -0.388 e. The number of amides is 1. The summed E-state index contributed by atoms with van der Waals surface area (Å²) in [6.07, 6.45) is 1.49. The first-order valence-electron chi connectivity index (χ1n) is 6.48. The Balaban J connectivity index is 0.000000545. The number of fused-ring (bicyclic) bond motifs is 1. The number of nitrogen functional groups attached to an aromatic ring is 1. The van der Waals surface area contributed by atoms with Gasteiger partial charge in [0.15, 0.2) is 5.82 Å². The first-order chi connectivity index (χ1) is 10.6. The fourth-order valence-corrected chi connectivity index (χ4v) is 1.97. The van der Waals surface area contributed by atoms with Crippen LogP contribution in [0.25, 0.3) is 22.4 Å². The number of carbonyl (C=O) groups excluding carboxylic acids is 1. The van der Waals surface area contributed by atoms with Gasteiger partial charge in [0.2, 0.25) is 0 Å². The van der Waals surface area contributed by atoms with Crippen molar-refractivity contribution in [2.24, 2.45) is 5.73 Å². The maximum atomic E-state index is 11.3. The van der Waals surface area contributed by atoms with E-state index in [1.807, 2.05) is 30.3 Å². The zero-order valence-corrected chi connectivity index (χ0v) is 12.3. The molecule has 3 aromatic rings. The summed E-state index contributed by atoms with van der Waals surface area (Å²) in [6.45, 7) is 0. The zero-order valence-electron chi connectivity index (χ0n) is 12.3. The second-order valence-electron chi connectivity index (χ2n) is 4.50. The van der Waals surface area contributed by atoms with Crippen molar-refractivity contribution in [2.75, 3.05) is 20.0 Å². The molecule has 7 nitrogen and oxygen atoms in total. The van der Waals surface area contributed by atoms with Crippen molar-refractivity contribution >= 4 is 22.8 Å². The van der Waals surface area contributed by atoms with Gasteiger partial charge in [0.1, 0.15) is 11.5 Å². The lowest BCUT2D eigenvalue weighted by Crippen LogP contribution is -2.11. The molecule has 2 heterocycles. The highest BCUT2D eigenvalue weighted by atomic mass is 16.4. The summed E-state index contributed by atoms with van der Waals surface area (Å²) in [4.78, 5) is 22.7. The number of hydrogen-bond acceptors (Lipinski definition) is 5. The smallest absolute Gasteiger partial charge is 0.251 e. The number of aromatic amines is 1. The van der Waals surface area contributed by atoms with Gasteiger partial charge in [0.25, 0.3) is 5.91 Å². The van der Waals surface area contributed by atoms with Gasteiger partial charge in [0.05, 0.1) is 10.9 Å². The van der Waals surface area contributed by atoms with Crippen LogP contribution in [0.15, 0.2) is 36.5 Å². The van der Waals surface area contributed by atoms with Crippen molar-refractivity contribution in [3.8, 4) is 11.4 Å². The molecule has 0 fully saturated rings. The molecular weight excluding hydrogens is 282 g/mol. The molecule has 0 aliphatic rings. The second-order valence-corrected chi connectivity index (χ2v) is 4.50. The number of benzene rings is 1. The van der Waals surface area contributed by atoms with E-state index in [0.717, 1.165) is 5.56 Å². The Bertz CT molecular complexity index is 783. The zero-order chi connectivity index (χ0) is 16.1. The molecule has 0 spiro atoms. The summed E-state index contributed by atoms with van der Waals surface area (Å²) in [5, 5.41) is 0.465. The van der Waals surface area contributed by atoms with Gasteiger partial charge < -0.3 is 21.2 Å². The number of aromatic nitrogens is 3. The van der Waals surface area contributed by atoms with E-state index < -0.39 is 5.91 Å². The molecular formula is C15H17N5O2. The lowest BCUT2D eigenvalue weighted by molar-refractivity contribution is 0.100. The van der Waals surface area contributed by atoms with Crippen molar-refractivity contribution < 1.29 is 9.53 Å². The van der Waals surface area contributed by atoms with E-state index in [1.165, 1.54) is 6.20 Å². The molecule has 3 rings (SSSR count). The fraction of sp³-hybridized carbons (Fsp3) is 0.133. The van der Waals surface area contributed by atoms with E-state index >= 15 is 0 Å². The highest BCUT2D eigenvalue weighted by Crippen LogP contribution is 2.25. The number of carbonyl (C=O) groups is 1. The second kappa shape index (κ2) is 6.68. The normalized spacial score (nSPS) is 10.1. The van der Waals surface area contributed by atoms with Crippen molar-refractivity contribution in [1.82, 2.24) is 15.0 Å². The first-order valence-corrected chi connectivity index (χ1v) is 6.48. The average Bonchev–Trinajstić information content (AvgIpc) is 2.94. The number of primary amides is 1. The standard InChI is InChI=1S/C13H11N5O.C2H6O/c14-10-9-8(11(15)19)6-16-13(9)18-12(17-10)7-4-2-1-3-5-7;1-3-2/h1-6H,(H2,15,19)(H3,14,16,17,18);1-2H3. The number of hydrogen-bond donors (Lipinski definition) is 3. The first kappa shape index (κ1) is 15.5. The quantitative estimate of drug-likeness (QED) is 0.663. The van der Waals surface area contributed by atoms with Crippen LogP contribution in [0.5, 0.6) is 0 Å². The van der Waals surface area contributed by atoms with Crippen molar-refractivity contribution in [3.63, 3.8) is 0 Å². The third-order valence-corrected chi connectivity index (χ3v) is 2.86. The van der Waals surface area contributed by atoms with Crippen LogP contribution in [0.1, 0.15) is 10.4 Å². The van der Waals surface area contributed by atoms with Gasteiger partial charge in [-0.1, -0.05) is 30.3 Å². The maximum absolute atomic E-state index is 11.3. The summed E-state index contributed by atoms with van der Waals surface area (Å²) in [6, 6.07) is 9.47. The van der Waals surface area contributed by atoms with E-state index in [0.29, 0.717) is 22.4 Å². The van der Waals surface area contributed by atoms with Gasteiger partial charge in [0, 0.05) is 26.0 Å². The molecule has 0 radical (unpaired) electrons. The molecule has 0 atom stereocenters. The molecule has 0 saturated carbocycles. The SMILES string of the molecule is COC.NC(=O)c1c[nH]c2nc(-c3ccccc3)nc(N)c12. The largest absolute Gasteiger partial charge is 0.388 e. The van der Waals surface area contributed by atoms with Crippen molar-refractivity contribution in [2.45, 2.75) is 0 Å². The molecule has 2 aromatic heterocycles. The molecule has 0 aliphatic carbocycles. The third kappa shape index (κ3) is 3.04. The molecule has 0 saturated heterocycles. The molecule has 1 amide bonds. The van der Waals surface area contributed by atoms with E-state index in [2.05, 4.69) is 19.7 Å². The molecule has 0 unspecified atom stereocenters. The lowest BCUT2D eigenvalue weighted by atomic mass is 10.2.